The minimum absolute atomic E-state index is 0.0829. The lowest BCUT2D eigenvalue weighted by atomic mass is 10.1. The molecule has 1 fully saturated rings. The molecule has 2 aromatic carbocycles. The first-order chi connectivity index (χ1) is 13.1. The molecular formula is C20H21FN4O2. The van der Waals surface area contributed by atoms with Gasteiger partial charge in [0.1, 0.15) is 29.8 Å². The summed E-state index contributed by atoms with van der Waals surface area (Å²) in [4.78, 5) is 8.73. The first-order valence-corrected chi connectivity index (χ1v) is 8.98. The Bertz CT molecular complexity index is 974. The molecule has 0 amide bonds. The largest absolute Gasteiger partial charge is 0.486 e. The first kappa shape index (κ1) is 17.5. The van der Waals surface area contributed by atoms with E-state index in [2.05, 4.69) is 22.2 Å². The van der Waals surface area contributed by atoms with E-state index < -0.39 is 0 Å². The smallest absolute Gasteiger partial charge is 0.146 e. The maximum Gasteiger partial charge on any atom is 0.146 e. The molecular weight excluding hydrogens is 347 g/mol. The van der Waals surface area contributed by atoms with Crippen LogP contribution in [0.3, 0.4) is 0 Å². The molecule has 1 aliphatic heterocycles. The van der Waals surface area contributed by atoms with Crippen LogP contribution in [0.15, 0.2) is 36.7 Å². The summed E-state index contributed by atoms with van der Waals surface area (Å²) in [6.45, 7) is 3.21. The van der Waals surface area contributed by atoms with Crippen molar-refractivity contribution in [3.63, 3.8) is 0 Å². The van der Waals surface area contributed by atoms with Gasteiger partial charge in [0.2, 0.25) is 0 Å². The number of hydrogen-bond donors (Lipinski definition) is 2. The monoisotopic (exact) mass is 368 g/mol. The summed E-state index contributed by atoms with van der Waals surface area (Å²) in [5, 5.41) is 4.18. The second kappa shape index (κ2) is 7.36. The van der Waals surface area contributed by atoms with Crippen LogP contribution < -0.4 is 15.8 Å². The predicted molar refractivity (Wildman–Crippen MR) is 103 cm³/mol. The summed E-state index contributed by atoms with van der Waals surface area (Å²) in [6.07, 6.45) is 2.97. The van der Waals surface area contributed by atoms with E-state index in [4.69, 9.17) is 15.2 Å². The van der Waals surface area contributed by atoms with Crippen molar-refractivity contribution in [2.75, 3.05) is 24.3 Å². The molecule has 1 unspecified atom stereocenters. The van der Waals surface area contributed by atoms with Crippen LogP contribution in [0.2, 0.25) is 0 Å². The number of nitrogen functional groups attached to an aromatic ring is 1. The summed E-state index contributed by atoms with van der Waals surface area (Å²) in [6, 6.07) is 8.16. The van der Waals surface area contributed by atoms with Crippen molar-refractivity contribution >= 4 is 28.1 Å². The number of halogens is 1. The van der Waals surface area contributed by atoms with E-state index in [0.29, 0.717) is 36.2 Å². The summed E-state index contributed by atoms with van der Waals surface area (Å²) in [7, 11) is 0. The number of fused-ring (bicyclic) bond motifs is 1. The molecule has 3 aromatic rings. The van der Waals surface area contributed by atoms with E-state index in [1.54, 1.807) is 6.07 Å². The van der Waals surface area contributed by atoms with Crippen molar-refractivity contribution in [1.82, 2.24) is 9.97 Å². The van der Waals surface area contributed by atoms with Crippen LogP contribution in [0.5, 0.6) is 5.75 Å². The molecule has 4 rings (SSSR count). The lowest BCUT2D eigenvalue weighted by Gasteiger charge is -2.18. The topological polar surface area (TPSA) is 82.3 Å². The predicted octanol–water partition coefficient (Wildman–Crippen LogP) is 3.82. The van der Waals surface area contributed by atoms with Gasteiger partial charge >= 0.3 is 0 Å². The fourth-order valence-electron chi connectivity index (χ4n) is 3.28. The number of aryl methyl sites for hydroxylation is 1. The third-order valence-corrected chi connectivity index (χ3v) is 4.60. The molecule has 0 bridgehead atoms. The van der Waals surface area contributed by atoms with Gasteiger partial charge in [0, 0.05) is 23.6 Å². The van der Waals surface area contributed by atoms with Gasteiger partial charge in [-0.3, -0.25) is 0 Å². The molecule has 27 heavy (non-hydrogen) atoms. The normalized spacial score (nSPS) is 16.6. The fourth-order valence-corrected chi connectivity index (χ4v) is 3.28. The molecule has 2 heterocycles. The average molecular weight is 368 g/mol. The van der Waals surface area contributed by atoms with Gasteiger partial charge in [-0.25, -0.2) is 14.4 Å². The molecule has 0 radical (unpaired) electrons. The van der Waals surface area contributed by atoms with Gasteiger partial charge in [-0.1, -0.05) is 6.92 Å². The van der Waals surface area contributed by atoms with Crippen molar-refractivity contribution in [3.8, 4) is 5.75 Å². The Labute approximate surface area is 156 Å². The molecule has 1 saturated heterocycles. The summed E-state index contributed by atoms with van der Waals surface area (Å²) >= 11 is 0. The molecule has 0 saturated carbocycles. The summed E-state index contributed by atoms with van der Waals surface area (Å²) in [5.74, 6) is 0.714. The van der Waals surface area contributed by atoms with Crippen molar-refractivity contribution in [2.24, 2.45) is 0 Å². The highest BCUT2D eigenvalue weighted by molar-refractivity contribution is 5.95. The standard InChI is InChI=1S/C20H21FN4O2/c1-2-12-7-14(22)9-17-19(12)20(24-11-23-17)25-16-4-3-13(21)8-18(16)27-15-5-6-26-10-15/h3-4,7-9,11,15H,2,5-6,10,22H2,1H3,(H,23,24,25). The van der Waals surface area contributed by atoms with Crippen molar-refractivity contribution in [3.05, 3.63) is 48.0 Å². The number of nitrogens with one attached hydrogen (secondary N) is 1. The number of nitrogens with zero attached hydrogens (tertiary/aromatic N) is 2. The molecule has 1 atom stereocenters. The number of aromatic nitrogens is 2. The summed E-state index contributed by atoms with van der Waals surface area (Å²) in [5.41, 5.74) is 9.09. The molecule has 140 valence electrons. The van der Waals surface area contributed by atoms with E-state index in [9.17, 15) is 4.39 Å². The van der Waals surface area contributed by atoms with Gasteiger partial charge in [-0.15, -0.1) is 0 Å². The third-order valence-electron chi connectivity index (χ3n) is 4.60. The van der Waals surface area contributed by atoms with Gasteiger partial charge in [0.25, 0.3) is 0 Å². The van der Waals surface area contributed by atoms with E-state index in [1.807, 2.05) is 12.1 Å². The van der Waals surface area contributed by atoms with Gasteiger partial charge < -0.3 is 20.5 Å². The van der Waals surface area contributed by atoms with Crippen molar-refractivity contribution in [2.45, 2.75) is 25.9 Å². The molecule has 1 aliphatic rings. The third kappa shape index (κ3) is 3.64. The molecule has 6 nitrogen and oxygen atoms in total. The maximum absolute atomic E-state index is 13.8. The minimum Gasteiger partial charge on any atom is -0.486 e. The van der Waals surface area contributed by atoms with Crippen LogP contribution in [-0.4, -0.2) is 29.3 Å². The van der Waals surface area contributed by atoms with Gasteiger partial charge in [0.05, 0.1) is 24.4 Å². The molecule has 1 aromatic heterocycles. The molecule has 0 spiro atoms. The maximum atomic E-state index is 13.8. The van der Waals surface area contributed by atoms with Crippen LogP contribution >= 0.6 is 0 Å². The Kier molecular flexibility index (Phi) is 4.77. The molecule has 7 heteroatoms. The lowest BCUT2D eigenvalue weighted by molar-refractivity contribution is 0.141. The number of hydrogen-bond acceptors (Lipinski definition) is 6. The number of ether oxygens (including phenoxy) is 2. The zero-order valence-electron chi connectivity index (χ0n) is 15.0. The highest BCUT2D eigenvalue weighted by atomic mass is 19.1. The number of rotatable bonds is 5. The fraction of sp³-hybridized carbons (Fsp3) is 0.300. The van der Waals surface area contributed by atoms with Crippen molar-refractivity contribution < 1.29 is 13.9 Å². The van der Waals surface area contributed by atoms with Crippen LogP contribution in [0.25, 0.3) is 10.9 Å². The van der Waals surface area contributed by atoms with E-state index in [1.165, 1.54) is 18.5 Å². The second-order valence-electron chi connectivity index (χ2n) is 6.52. The van der Waals surface area contributed by atoms with Gasteiger partial charge in [-0.2, -0.15) is 0 Å². The number of anilines is 3. The average Bonchev–Trinajstić information content (AvgIpc) is 3.16. The SMILES string of the molecule is CCc1cc(N)cc2ncnc(Nc3ccc(F)cc3OC3CCOC3)c12. The highest BCUT2D eigenvalue weighted by Crippen LogP contribution is 2.34. The van der Waals surface area contributed by atoms with Crippen LogP contribution in [-0.2, 0) is 11.2 Å². The molecule has 3 N–H and O–H groups in total. The highest BCUT2D eigenvalue weighted by Gasteiger charge is 2.20. The van der Waals surface area contributed by atoms with Gasteiger partial charge in [-0.05, 0) is 36.2 Å². The van der Waals surface area contributed by atoms with Crippen LogP contribution in [0.4, 0.5) is 21.6 Å². The van der Waals surface area contributed by atoms with Crippen LogP contribution in [0, 0.1) is 5.82 Å². The number of benzene rings is 2. The zero-order valence-corrected chi connectivity index (χ0v) is 15.0. The Morgan fingerprint density at radius 2 is 2.19 bits per heavy atom. The minimum atomic E-state index is -0.357. The van der Waals surface area contributed by atoms with Gasteiger partial charge in [0.15, 0.2) is 0 Å². The lowest BCUT2D eigenvalue weighted by Crippen LogP contribution is -2.16. The van der Waals surface area contributed by atoms with E-state index >= 15 is 0 Å². The quantitative estimate of drug-likeness (QED) is 0.666. The van der Waals surface area contributed by atoms with Crippen molar-refractivity contribution in [1.29, 1.82) is 0 Å². The Morgan fingerprint density at radius 3 is 2.96 bits per heavy atom. The first-order valence-electron chi connectivity index (χ1n) is 8.98. The Morgan fingerprint density at radius 1 is 1.30 bits per heavy atom. The number of nitrogens with two attached hydrogens (primary N) is 1. The van der Waals surface area contributed by atoms with Crippen LogP contribution in [0.1, 0.15) is 18.9 Å². The Balaban J connectivity index is 1.74. The molecule has 0 aliphatic carbocycles. The zero-order chi connectivity index (χ0) is 18.8. The van der Waals surface area contributed by atoms with E-state index in [-0.39, 0.29) is 11.9 Å². The second-order valence-corrected chi connectivity index (χ2v) is 6.52. The Hall–Kier alpha value is -2.93. The summed E-state index contributed by atoms with van der Waals surface area (Å²) < 4.78 is 25.1. The van der Waals surface area contributed by atoms with E-state index in [0.717, 1.165) is 29.3 Å².